The summed E-state index contributed by atoms with van der Waals surface area (Å²) in [7, 11) is 0. The molecule has 1 fully saturated rings. The molecule has 0 spiro atoms. The van der Waals surface area contributed by atoms with Gasteiger partial charge in [-0.25, -0.2) is 4.39 Å². The molecule has 3 heteroatoms. The molecular formula is C14H20FNS. The number of nitrogens with one attached hydrogen (secondary N) is 1. The van der Waals surface area contributed by atoms with E-state index in [2.05, 4.69) is 18.5 Å². The molecule has 94 valence electrons. The second-order valence-electron chi connectivity index (χ2n) is 4.90. The van der Waals surface area contributed by atoms with Gasteiger partial charge in [0.05, 0.1) is 0 Å². The maximum Gasteiger partial charge on any atom is 0.123 e. The Morgan fingerprint density at radius 1 is 1.47 bits per heavy atom. The molecule has 1 nitrogen and oxygen atoms in total. The van der Waals surface area contributed by atoms with Crippen LogP contribution in [0, 0.1) is 5.82 Å². The maximum absolute atomic E-state index is 13.1. The lowest BCUT2D eigenvalue weighted by Crippen LogP contribution is -2.44. The molecule has 1 aromatic carbocycles. The molecule has 1 aromatic rings. The summed E-state index contributed by atoms with van der Waals surface area (Å²) in [4.78, 5) is 0. The van der Waals surface area contributed by atoms with Crippen LogP contribution >= 0.6 is 11.8 Å². The highest BCUT2D eigenvalue weighted by molar-refractivity contribution is 8.00. The molecule has 0 amide bonds. The van der Waals surface area contributed by atoms with Crippen LogP contribution < -0.4 is 5.32 Å². The van der Waals surface area contributed by atoms with Gasteiger partial charge in [-0.15, -0.1) is 0 Å². The van der Waals surface area contributed by atoms with Crippen molar-refractivity contribution in [1.82, 2.24) is 5.32 Å². The third-order valence-electron chi connectivity index (χ3n) is 3.78. The van der Waals surface area contributed by atoms with Gasteiger partial charge in [0.15, 0.2) is 0 Å². The first-order valence-corrected chi connectivity index (χ1v) is 7.42. The van der Waals surface area contributed by atoms with E-state index in [0.717, 1.165) is 12.1 Å². The summed E-state index contributed by atoms with van der Waals surface area (Å²) in [6.07, 6.45) is 6.14. The van der Waals surface area contributed by atoms with Gasteiger partial charge in [0.2, 0.25) is 0 Å². The molecule has 1 atom stereocenters. The van der Waals surface area contributed by atoms with Crippen molar-refractivity contribution in [2.24, 2.45) is 0 Å². The Kier molecular flexibility index (Phi) is 4.10. The van der Waals surface area contributed by atoms with Crippen molar-refractivity contribution in [2.75, 3.05) is 12.8 Å². The normalized spacial score (nSPS) is 19.7. The van der Waals surface area contributed by atoms with Gasteiger partial charge in [-0.2, -0.15) is 11.8 Å². The molecule has 1 saturated carbocycles. The van der Waals surface area contributed by atoms with E-state index >= 15 is 0 Å². The first kappa shape index (κ1) is 12.9. The van der Waals surface area contributed by atoms with E-state index in [-0.39, 0.29) is 11.9 Å². The summed E-state index contributed by atoms with van der Waals surface area (Å²) in [6, 6.07) is 7.08. The fraction of sp³-hybridized carbons (Fsp3) is 0.571. The molecule has 1 aliphatic rings. The molecule has 0 radical (unpaired) electrons. The third kappa shape index (κ3) is 3.02. The zero-order valence-corrected chi connectivity index (χ0v) is 11.3. The van der Waals surface area contributed by atoms with Crippen molar-refractivity contribution >= 4 is 11.8 Å². The summed E-state index contributed by atoms with van der Waals surface area (Å²) < 4.78 is 13.5. The van der Waals surface area contributed by atoms with Crippen molar-refractivity contribution in [3.8, 4) is 0 Å². The predicted octanol–water partition coefficient (Wildman–Crippen LogP) is 3.76. The van der Waals surface area contributed by atoms with Gasteiger partial charge in [0.25, 0.3) is 0 Å². The maximum atomic E-state index is 13.1. The van der Waals surface area contributed by atoms with Gasteiger partial charge >= 0.3 is 0 Å². The van der Waals surface area contributed by atoms with Gasteiger partial charge in [-0.3, -0.25) is 0 Å². The van der Waals surface area contributed by atoms with Crippen molar-refractivity contribution < 1.29 is 4.39 Å². The molecule has 0 saturated heterocycles. The number of halogens is 1. The average Bonchev–Trinajstić information content (AvgIpc) is 2.28. The van der Waals surface area contributed by atoms with Crippen LogP contribution in [-0.4, -0.2) is 17.5 Å². The zero-order chi connectivity index (χ0) is 12.3. The minimum absolute atomic E-state index is 0.153. The molecule has 0 aromatic heterocycles. The average molecular weight is 253 g/mol. The van der Waals surface area contributed by atoms with Crippen LogP contribution in [0.15, 0.2) is 24.3 Å². The van der Waals surface area contributed by atoms with E-state index in [1.165, 1.54) is 25.3 Å². The van der Waals surface area contributed by atoms with Gasteiger partial charge in [0, 0.05) is 17.3 Å². The Bertz CT molecular complexity index is 371. The summed E-state index contributed by atoms with van der Waals surface area (Å²) in [5, 5.41) is 3.53. The minimum atomic E-state index is -0.153. The van der Waals surface area contributed by atoms with E-state index in [1.54, 1.807) is 12.1 Å². The number of hydrogen-bond donors (Lipinski definition) is 1. The second kappa shape index (κ2) is 5.40. The molecule has 1 unspecified atom stereocenters. The number of thioether (sulfide) groups is 1. The van der Waals surface area contributed by atoms with E-state index in [0.29, 0.717) is 4.75 Å². The van der Waals surface area contributed by atoms with Crippen molar-refractivity contribution in [2.45, 2.75) is 37.0 Å². The smallest absolute Gasteiger partial charge is 0.123 e. The van der Waals surface area contributed by atoms with Gasteiger partial charge in [-0.05, 0) is 43.7 Å². The quantitative estimate of drug-likeness (QED) is 0.857. The zero-order valence-electron chi connectivity index (χ0n) is 10.5. The molecule has 0 heterocycles. The van der Waals surface area contributed by atoms with Crippen LogP contribution in [0.4, 0.5) is 4.39 Å². The fourth-order valence-electron chi connectivity index (χ4n) is 2.26. The summed E-state index contributed by atoms with van der Waals surface area (Å²) in [5.74, 6) is -0.153. The highest BCUT2D eigenvalue weighted by Gasteiger charge is 2.35. The molecule has 2 rings (SSSR count). The van der Waals surface area contributed by atoms with Crippen LogP contribution in [-0.2, 0) is 0 Å². The van der Waals surface area contributed by atoms with Crippen molar-refractivity contribution in [3.05, 3.63) is 35.6 Å². The van der Waals surface area contributed by atoms with Gasteiger partial charge in [-0.1, -0.05) is 18.6 Å². The van der Waals surface area contributed by atoms with Crippen LogP contribution in [0.25, 0.3) is 0 Å². The standard InChI is InChI=1S/C14H20FNS/c1-11(12-5-3-6-13(15)9-12)16-10-14(17-2)7-4-8-14/h3,5-6,9,11,16H,4,7-8,10H2,1-2H3. The summed E-state index contributed by atoms with van der Waals surface area (Å²) in [6.45, 7) is 3.12. The van der Waals surface area contributed by atoms with E-state index in [1.807, 2.05) is 17.8 Å². The molecule has 0 aliphatic heterocycles. The molecule has 1 aliphatic carbocycles. The monoisotopic (exact) mass is 253 g/mol. The van der Waals surface area contributed by atoms with E-state index in [4.69, 9.17) is 0 Å². The highest BCUT2D eigenvalue weighted by atomic mass is 32.2. The Morgan fingerprint density at radius 2 is 2.24 bits per heavy atom. The largest absolute Gasteiger partial charge is 0.309 e. The molecular weight excluding hydrogens is 233 g/mol. The highest BCUT2D eigenvalue weighted by Crippen LogP contribution is 2.42. The number of benzene rings is 1. The molecule has 0 bridgehead atoms. The van der Waals surface area contributed by atoms with Crippen LogP contribution in [0.2, 0.25) is 0 Å². The summed E-state index contributed by atoms with van der Waals surface area (Å²) >= 11 is 1.96. The molecule has 1 N–H and O–H groups in total. The lowest BCUT2D eigenvalue weighted by Gasteiger charge is -2.41. The van der Waals surface area contributed by atoms with Crippen molar-refractivity contribution in [3.63, 3.8) is 0 Å². The van der Waals surface area contributed by atoms with Gasteiger partial charge in [0.1, 0.15) is 5.82 Å². The first-order chi connectivity index (χ1) is 8.15. The Balaban J connectivity index is 1.91. The Hall–Kier alpha value is -0.540. The second-order valence-corrected chi connectivity index (χ2v) is 6.17. The third-order valence-corrected chi connectivity index (χ3v) is 5.20. The Morgan fingerprint density at radius 3 is 2.76 bits per heavy atom. The SMILES string of the molecule is CSC1(CNC(C)c2cccc(F)c2)CCC1. The van der Waals surface area contributed by atoms with Crippen molar-refractivity contribution in [1.29, 1.82) is 0 Å². The van der Waals surface area contributed by atoms with Crippen LogP contribution in [0.5, 0.6) is 0 Å². The van der Waals surface area contributed by atoms with Gasteiger partial charge < -0.3 is 5.32 Å². The number of rotatable bonds is 5. The first-order valence-electron chi connectivity index (χ1n) is 6.19. The lowest BCUT2D eigenvalue weighted by molar-refractivity contribution is 0.334. The Labute approximate surface area is 107 Å². The van der Waals surface area contributed by atoms with Crippen LogP contribution in [0.3, 0.4) is 0 Å². The predicted molar refractivity (Wildman–Crippen MR) is 72.9 cm³/mol. The fourth-order valence-corrected chi connectivity index (χ4v) is 3.18. The lowest BCUT2D eigenvalue weighted by atomic mass is 9.84. The number of hydrogen-bond acceptors (Lipinski definition) is 2. The minimum Gasteiger partial charge on any atom is -0.309 e. The van der Waals surface area contributed by atoms with E-state index in [9.17, 15) is 4.39 Å². The van der Waals surface area contributed by atoms with Crippen LogP contribution in [0.1, 0.15) is 37.8 Å². The van der Waals surface area contributed by atoms with E-state index < -0.39 is 0 Å². The topological polar surface area (TPSA) is 12.0 Å². The molecule has 17 heavy (non-hydrogen) atoms. The summed E-state index contributed by atoms with van der Waals surface area (Å²) in [5.41, 5.74) is 1.03.